The van der Waals surface area contributed by atoms with Crippen molar-refractivity contribution in [3.8, 4) is 0 Å². The molecule has 4 amide bonds. The standard InChI is InChI=1S/C38H44N10O4/c1-38(25-10-5-3-6-11-25)17-19-47(23-38)26-20-24(21-39)35-43-34(45-48(35)22-26)37(52)40-18-8-4-7-14-30(49)41-29-13-9-12-27-32(44-46(2)33(27)29)28-15-16-31(50)42-36(28)51/h3,5-6,9-13,20,22,28H,4,7-8,14-19,21,23,39H2,1-2H3,(H,40,52)(H,41,49)(H,42,50,51)/t28?,38-/m0/s1. The third-order valence-electron chi connectivity index (χ3n) is 10.3. The zero-order chi connectivity index (χ0) is 36.4. The lowest BCUT2D eigenvalue weighted by Gasteiger charge is -2.26. The van der Waals surface area contributed by atoms with Crippen LogP contribution in [0.2, 0.25) is 0 Å². The van der Waals surface area contributed by atoms with Gasteiger partial charge in [0.2, 0.25) is 23.5 Å². The van der Waals surface area contributed by atoms with Crippen molar-refractivity contribution in [1.29, 1.82) is 0 Å². The summed E-state index contributed by atoms with van der Waals surface area (Å²) in [6.45, 7) is 4.76. The van der Waals surface area contributed by atoms with E-state index >= 15 is 0 Å². The summed E-state index contributed by atoms with van der Waals surface area (Å²) in [7, 11) is 1.77. The van der Waals surface area contributed by atoms with Crippen LogP contribution in [0.1, 0.15) is 85.2 Å². The van der Waals surface area contributed by atoms with Crippen LogP contribution < -0.4 is 26.6 Å². The summed E-state index contributed by atoms with van der Waals surface area (Å²) in [5.41, 5.74) is 11.8. The number of piperidine rings is 1. The van der Waals surface area contributed by atoms with E-state index in [9.17, 15) is 19.2 Å². The SMILES string of the molecule is Cn1nc(C2CCC(=O)NC2=O)c2cccc(NC(=O)CCCCCNC(=O)c3nc4c(CN)cc(N5CC[C@](C)(c6ccccc6)C5)cn4n3)c21. The Hall–Kier alpha value is -5.63. The van der Waals surface area contributed by atoms with Gasteiger partial charge < -0.3 is 21.3 Å². The molecule has 2 atom stereocenters. The molecule has 0 radical (unpaired) electrons. The van der Waals surface area contributed by atoms with E-state index in [1.54, 1.807) is 16.2 Å². The van der Waals surface area contributed by atoms with Crippen LogP contribution in [-0.4, -0.2) is 67.6 Å². The molecule has 7 rings (SSSR count). The van der Waals surface area contributed by atoms with Crippen LogP contribution in [0.4, 0.5) is 11.4 Å². The number of benzene rings is 2. The Morgan fingerprint density at radius 1 is 1.06 bits per heavy atom. The van der Waals surface area contributed by atoms with Gasteiger partial charge in [0.05, 0.1) is 34.7 Å². The Bertz CT molecular complexity index is 2160. The second-order valence-corrected chi connectivity index (χ2v) is 14.1. The maximum atomic E-state index is 13.0. The zero-order valence-corrected chi connectivity index (χ0v) is 29.5. The summed E-state index contributed by atoms with van der Waals surface area (Å²) in [5, 5.41) is 18.2. The highest BCUT2D eigenvalue weighted by Crippen LogP contribution is 2.37. The molecule has 2 aliphatic rings. The number of nitrogens with two attached hydrogens (primary N) is 1. The lowest BCUT2D eigenvalue weighted by atomic mass is 9.82. The molecule has 52 heavy (non-hydrogen) atoms. The van der Waals surface area contributed by atoms with Crippen molar-refractivity contribution in [2.24, 2.45) is 12.8 Å². The van der Waals surface area contributed by atoms with Crippen LogP contribution in [0.25, 0.3) is 16.6 Å². The molecule has 0 bridgehead atoms. The molecule has 0 spiro atoms. The number of nitrogens with zero attached hydrogens (tertiary/aromatic N) is 6. The number of nitrogens with one attached hydrogen (secondary N) is 3. The zero-order valence-electron chi connectivity index (χ0n) is 29.5. The molecule has 2 aromatic carbocycles. The third kappa shape index (κ3) is 6.98. The first-order valence-corrected chi connectivity index (χ1v) is 17.9. The summed E-state index contributed by atoms with van der Waals surface area (Å²) in [5.74, 6) is -1.55. The minimum absolute atomic E-state index is 0.0377. The number of aromatic nitrogens is 5. The number of anilines is 2. The molecule has 14 nitrogen and oxygen atoms in total. The van der Waals surface area contributed by atoms with Crippen LogP contribution in [-0.2, 0) is 33.4 Å². The highest BCUT2D eigenvalue weighted by Gasteiger charge is 2.36. The number of aryl methyl sites for hydroxylation is 1. The number of imide groups is 1. The molecular weight excluding hydrogens is 660 g/mol. The Balaban J connectivity index is 0.898. The van der Waals surface area contributed by atoms with Gasteiger partial charge >= 0.3 is 0 Å². The first-order valence-electron chi connectivity index (χ1n) is 17.9. The fourth-order valence-electron chi connectivity index (χ4n) is 7.47. The molecule has 5 heterocycles. The number of pyridine rings is 1. The normalized spacial score (nSPS) is 19.0. The number of carbonyl (C=O) groups excluding carboxylic acids is 4. The second kappa shape index (κ2) is 14.5. The Labute approximate surface area is 301 Å². The molecule has 14 heteroatoms. The van der Waals surface area contributed by atoms with Crippen LogP contribution in [0.15, 0.2) is 60.8 Å². The largest absolute Gasteiger partial charge is 0.369 e. The molecule has 5 aromatic rings. The minimum Gasteiger partial charge on any atom is -0.369 e. The fraction of sp³-hybridized carbons (Fsp3) is 0.395. The van der Waals surface area contributed by atoms with Crippen molar-refractivity contribution in [2.75, 3.05) is 29.9 Å². The summed E-state index contributed by atoms with van der Waals surface area (Å²) >= 11 is 0. The van der Waals surface area contributed by atoms with E-state index in [4.69, 9.17) is 5.73 Å². The van der Waals surface area contributed by atoms with Gasteiger partial charge in [-0.3, -0.25) is 29.2 Å². The molecule has 0 aliphatic carbocycles. The van der Waals surface area contributed by atoms with E-state index in [1.165, 1.54) is 5.56 Å². The van der Waals surface area contributed by atoms with Gasteiger partial charge in [0, 0.05) is 62.4 Å². The maximum Gasteiger partial charge on any atom is 0.290 e. The minimum atomic E-state index is -0.523. The molecule has 1 unspecified atom stereocenters. The highest BCUT2D eigenvalue weighted by atomic mass is 16.2. The number of hydrogen-bond acceptors (Lipinski definition) is 9. The van der Waals surface area contributed by atoms with Crippen LogP contribution in [0.3, 0.4) is 0 Å². The Morgan fingerprint density at radius 2 is 1.88 bits per heavy atom. The first-order chi connectivity index (χ1) is 25.1. The van der Waals surface area contributed by atoms with E-state index < -0.39 is 5.92 Å². The van der Waals surface area contributed by atoms with E-state index in [-0.39, 0.29) is 47.8 Å². The summed E-state index contributed by atoms with van der Waals surface area (Å²) < 4.78 is 3.32. The van der Waals surface area contributed by atoms with Crippen molar-refractivity contribution in [3.63, 3.8) is 0 Å². The van der Waals surface area contributed by atoms with E-state index in [1.807, 2.05) is 30.5 Å². The van der Waals surface area contributed by atoms with Crippen molar-refractivity contribution in [1.82, 2.24) is 35.0 Å². The average Bonchev–Trinajstić information content (AvgIpc) is 3.86. The van der Waals surface area contributed by atoms with Crippen molar-refractivity contribution in [3.05, 3.63) is 83.4 Å². The predicted octanol–water partition coefficient (Wildman–Crippen LogP) is 3.69. The summed E-state index contributed by atoms with van der Waals surface area (Å²) in [6.07, 6.45) is 5.98. The summed E-state index contributed by atoms with van der Waals surface area (Å²) in [4.78, 5) is 56.9. The molecule has 2 fully saturated rings. The van der Waals surface area contributed by atoms with Crippen molar-refractivity contribution >= 4 is 51.6 Å². The first kappa shape index (κ1) is 34.8. The lowest BCUT2D eigenvalue weighted by molar-refractivity contribution is -0.134. The maximum absolute atomic E-state index is 13.0. The highest BCUT2D eigenvalue weighted by molar-refractivity contribution is 6.05. The molecule has 5 N–H and O–H groups in total. The quantitative estimate of drug-likeness (QED) is 0.111. The van der Waals surface area contributed by atoms with Crippen molar-refractivity contribution < 1.29 is 19.2 Å². The number of rotatable bonds is 12. The lowest BCUT2D eigenvalue weighted by Crippen LogP contribution is -2.39. The number of carbonyl (C=O) groups is 4. The van der Waals surface area contributed by atoms with Crippen LogP contribution in [0, 0.1) is 0 Å². The third-order valence-corrected chi connectivity index (χ3v) is 10.3. The number of unbranched alkanes of at least 4 members (excludes halogenated alkanes) is 2. The molecule has 3 aromatic heterocycles. The van der Waals surface area contributed by atoms with Crippen molar-refractivity contribution in [2.45, 2.75) is 69.7 Å². The average molecular weight is 705 g/mol. The van der Waals surface area contributed by atoms with Gasteiger partial charge in [0.15, 0.2) is 5.65 Å². The van der Waals surface area contributed by atoms with Gasteiger partial charge in [-0.25, -0.2) is 9.50 Å². The topological polar surface area (TPSA) is 182 Å². The van der Waals surface area contributed by atoms with Gasteiger partial charge in [-0.1, -0.05) is 55.8 Å². The number of hydrogen-bond donors (Lipinski definition) is 4. The molecule has 2 saturated heterocycles. The second-order valence-electron chi connectivity index (χ2n) is 14.1. The van der Waals surface area contributed by atoms with Gasteiger partial charge in [0.25, 0.3) is 5.91 Å². The molecule has 2 aliphatic heterocycles. The molecule has 270 valence electrons. The van der Waals surface area contributed by atoms with Crippen LogP contribution in [0.5, 0.6) is 0 Å². The molecule has 0 saturated carbocycles. The van der Waals surface area contributed by atoms with Gasteiger partial charge in [-0.2, -0.15) is 5.10 Å². The number of para-hydroxylation sites is 1. The van der Waals surface area contributed by atoms with Crippen LogP contribution >= 0.6 is 0 Å². The Kier molecular flexibility index (Phi) is 9.73. The number of fused-ring (bicyclic) bond motifs is 2. The van der Waals surface area contributed by atoms with Gasteiger partial charge in [-0.15, -0.1) is 5.10 Å². The van der Waals surface area contributed by atoms with E-state index in [2.05, 4.69) is 73.3 Å². The predicted molar refractivity (Wildman–Crippen MR) is 197 cm³/mol. The fourth-order valence-corrected chi connectivity index (χ4v) is 7.47. The van der Waals surface area contributed by atoms with Gasteiger partial charge in [-0.05, 0) is 43.4 Å². The number of amides is 4. The summed E-state index contributed by atoms with van der Waals surface area (Å²) in [6, 6.07) is 18.1. The smallest absolute Gasteiger partial charge is 0.290 e. The van der Waals surface area contributed by atoms with Gasteiger partial charge in [0.1, 0.15) is 0 Å². The van der Waals surface area contributed by atoms with E-state index in [0.717, 1.165) is 48.1 Å². The monoisotopic (exact) mass is 704 g/mol. The van der Waals surface area contributed by atoms with E-state index in [0.29, 0.717) is 49.3 Å². The Morgan fingerprint density at radius 3 is 2.67 bits per heavy atom. The molecular formula is C38H44N10O4.